The summed E-state index contributed by atoms with van der Waals surface area (Å²) in [4.78, 5) is 18.3. The van der Waals surface area contributed by atoms with E-state index in [4.69, 9.17) is 5.11 Å². The average molecular weight is 239 g/mol. The maximum absolute atomic E-state index is 11.9. The molecule has 3 rings (SSSR count). The van der Waals surface area contributed by atoms with Gasteiger partial charge in [0.25, 0.3) is 0 Å². The Morgan fingerprint density at radius 1 is 1.29 bits per heavy atom. The van der Waals surface area contributed by atoms with Crippen LogP contribution in [-0.4, -0.2) is 85.2 Å². The van der Waals surface area contributed by atoms with Crippen LogP contribution in [0.15, 0.2) is 0 Å². The van der Waals surface area contributed by atoms with Crippen molar-refractivity contribution in [2.45, 2.75) is 0 Å². The molecule has 0 saturated carbocycles. The van der Waals surface area contributed by atoms with E-state index in [1.165, 1.54) is 13.1 Å². The molecule has 0 aromatic rings. The first-order valence-corrected chi connectivity index (χ1v) is 6.40. The number of carbonyl (C=O) groups excluding carboxylic acids is 1. The molecule has 0 aliphatic carbocycles. The fourth-order valence-electron chi connectivity index (χ4n) is 3.49. The monoisotopic (exact) mass is 239 g/mol. The maximum atomic E-state index is 11.9. The molecule has 1 spiro atoms. The van der Waals surface area contributed by atoms with Gasteiger partial charge in [0, 0.05) is 57.2 Å². The standard InChI is InChI=1S/C12H21N3O2/c1-13-6-12(7-13)8-14(9-12)4-11(17)15-2-10(3-15)5-16/h10,16H,2-9H2,1H3. The van der Waals surface area contributed by atoms with Crippen LogP contribution in [0.1, 0.15) is 0 Å². The number of hydrogen-bond donors (Lipinski definition) is 1. The molecule has 3 saturated heterocycles. The Morgan fingerprint density at radius 2 is 1.94 bits per heavy atom. The van der Waals surface area contributed by atoms with Gasteiger partial charge in [-0.15, -0.1) is 0 Å². The lowest BCUT2D eigenvalue weighted by Crippen LogP contribution is -2.72. The van der Waals surface area contributed by atoms with E-state index < -0.39 is 0 Å². The maximum Gasteiger partial charge on any atom is 0.236 e. The van der Waals surface area contributed by atoms with E-state index in [1.54, 1.807) is 0 Å². The molecule has 3 aliphatic heterocycles. The minimum absolute atomic E-state index is 0.211. The summed E-state index contributed by atoms with van der Waals surface area (Å²) in [5.74, 6) is 0.555. The molecule has 0 bridgehead atoms. The molecule has 17 heavy (non-hydrogen) atoms. The molecule has 1 amide bonds. The van der Waals surface area contributed by atoms with Crippen LogP contribution in [-0.2, 0) is 4.79 Å². The summed E-state index contributed by atoms with van der Waals surface area (Å²) in [6.07, 6.45) is 0. The number of amides is 1. The van der Waals surface area contributed by atoms with Gasteiger partial charge in [-0.05, 0) is 7.05 Å². The predicted octanol–water partition coefficient (Wildman–Crippen LogP) is -1.32. The Balaban J connectivity index is 1.37. The third kappa shape index (κ3) is 1.96. The Morgan fingerprint density at radius 3 is 2.47 bits per heavy atom. The number of hydrogen-bond acceptors (Lipinski definition) is 4. The van der Waals surface area contributed by atoms with E-state index in [0.717, 1.165) is 26.2 Å². The molecule has 96 valence electrons. The van der Waals surface area contributed by atoms with E-state index in [-0.39, 0.29) is 12.5 Å². The zero-order chi connectivity index (χ0) is 12.0. The van der Waals surface area contributed by atoms with Crippen LogP contribution in [0.25, 0.3) is 0 Å². The molecule has 0 radical (unpaired) electrons. The number of nitrogens with zero attached hydrogens (tertiary/aromatic N) is 3. The van der Waals surface area contributed by atoms with Crippen LogP contribution >= 0.6 is 0 Å². The first-order chi connectivity index (χ1) is 8.10. The van der Waals surface area contributed by atoms with Gasteiger partial charge in [0.05, 0.1) is 6.54 Å². The van der Waals surface area contributed by atoms with Gasteiger partial charge >= 0.3 is 0 Å². The summed E-state index contributed by atoms with van der Waals surface area (Å²) in [7, 11) is 2.15. The van der Waals surface area contributed by atoms with Crippen molar-refractivity contribution < 1.29 is 9.90 Å². The van der Waals surface area contributed by atoms with Gasteiger partial charge < -0.3 is 14.9 Å². The molecule has 5 nitrogen and oxygen atoms in total. The van der Waals surface area contributed by atoms with Crippen molar-refractivity contribution in [2.75, 3.05) is 59.5 Å². The van der Waals surface area contributed by atoms with Gasteiger partial charge in [-0.1, -0.05) is 0 Å². The summed E-state index contributed by atoms with van der Waals surface area (Å²) in [5, 5.41) is 8.90. The molecule has 3 aliphatic rings. The lowest BCUT2D eigenvalue weighted by molar-refractivity contribution is -0.149. The molecule has 3 fully saturated rings. The lowest BCUT2D eigenvalue weighted by atomic mass is 9.73. The van der Waals surface area contributed by atoms with Crippen LogP contribution in [0.2, 0.25) is 0 Å². The molecule has 0 atom stereocenters. The van der Waals surface area contributed by atoms with E-state index >= 15 is 0 Å². The van der Waals surface area contributed by atoms with E-state index in [1.807, 2.05) is 4.90 Å². The van der Waals surface area contributed by atoms with Crippen LogP contribution in [0.3, 0.4) is 0 Å². The Kier molecular flexibility index (Phi) is 2.65. The zero-order valence-electron chi connectivity index (χ0n) is 10.4. The molecule has 1 N–H and O–H groups in total. The van der Waals surface area contributed by atoms with Crippen molar-refractivity contribution in [1.29, 1.82) is 0 Å². The number of likely N-dealkylation sites (tertiary alicyclic amines) is 3. The van der Waals surface area contributed by atoms with Gasteiger partial charge in [-0.2, -0.15) is 0 Å². The molecule has 0 unspecified atom stereocenters. The SMILES string of the molecule is CN1CC2(C1)CN(CC(=O)N1CC(CO)C1)C2. The number of rotatable bonds is 3. The third-order valence-electron chi connectivity index (χ3n) is 4.26. The van der Waals surface area contributed by atoms with Crippen LogP contribution in [0.4, 0.5) is 0 Å². The Labute approximate surface area is 102 Å². The minimum atomic E-state index is 0.211. The second kappa shape index (κ2) is 3.93. The highest BCUT2D eigenvalue weighted by Crippen LogP contribution is 2.38. The fourth-order valence-corrected chi connectivity index (χ4v) is 3.49. The fraction of sp³-hybridized carbons (Fsp3) is 0.917. The van der Waals surface area contributed by atoms with Crippen molar-refractivity contribution in [3.63, 3.8) is 0 Å². The van der Waals surface area contributed by atoms with Gasteiger partial charge in [0.1, 0.15) is 0 Å². The summed E-state index contributed by atoms with van der Waals surface area (Å²) in [6, 6.07) is 0. The molecular formula is C12H21N3O2. The number of aliphatic hydroxyl groups excluding tert-OH is 1. The summed E-state index contributed by atoms with van der Waals surface area (Å²) in [5.41, 5.74) is 0.512. The van der Waals surface area contributed by atoms with Crippen molar-refractivity contribution in [3.8, 4) is 0 Å². The van der Waals surface area contributed by atoms with E-state index in [0.29, 0.717) is 17.9 Å². The largest absolute Gasteiger partial charge is 0.396 e. The first kappa shape index (κ1) is 11.4. The van der Waals surface area contributed by atoms with Gasteiger partial charge in [0.2, 0.25) is 5.91 Å². The van der Waals surface area contributed by atoms with Crippen molar-refractivity contribution >= 4 is 5.91 Å². The molecule has 0 aromatic carbocycles. The zero-order valence-corrected chi connectivity index (χ0v) is 10.4. The van der Waals surface area contributed by atoms with Crippen LogP contribution in [0, 0.1) is 11.3 Å². The van der Waals surface area contributed by atoms with E-state index in [9.17, 15) is 4.79 Å². The highest BCUT2D eigenvalue weighted by atomic mass is 16.3. The van der Waals surface area contributed by atoms with Crippen LogP contribution in [0.5, 0.6) is 0 Å². The molecule has 5 heteroatoms. The van der Waals surface area contributed by atoms with E-state index in [2.05, 4.69) is 16.8 Å². The first-order valence-electron chi connectivity index (χ1n) is 6.40. The smallest absolute Gasteiger partial charge is 0.236 e. The number of carbonyl (C=O) groups is 1. The Hall–Kier alpha value is -0.650. The van der Waals surface area contributed by atoms with Crippen molar-refractivity contribution in [3.05, 3.63) is 0 Å². The van der Waals surface area contributed by atoms with Gasteiger partial charge in [0.15, 0.2) is 0 Å². The third-order valence-corrected chi connectivity index (χ3v) is 4.26. The second-order valence-electron chi connectivity index (χ2n) is 6.16. The Bertz CT molecular complexity index is 314. The molecular weight excluding hydrogens is 218 g/mol. The van der Waals surface area contributed by atoms with Crippen LogP contribution < -0.4 is 0 Å². The van der Waals surface area contributed by atoms with Gasteiger partial charge in [-0.3, -0.25) is 9.69 Å². The molecule has 3 heterocycles. The normalized spacial score (nSPS) is 28.7. The summed E-state index contributed by atoms with van der Waals surface area (Å²) < 4.78 is 0. The topological polar surface area (TPSA) is 47.0 Å². The highest BCUT2D eigenvalue weighted by molar-refractivity contribution is 5.79. The highest BCUT2D eigenvalue weighted by Gasteiger charge is 2.50. The van der Waals surface area contributed by atoms with Crippen molar-refractivity contribution in [1.82, 2.24) is 14.7 Å². The summed E-state index contributed by atoms with van der Waals surface area (Å²) >= 11 is 0. The minimum Gasteiger partial charge on any atom is -0.396 e. The predicted molar refractivity (Wildman–Crippen MR) is 63.5 cm³/mol. The quantitative estimate of drug-likeness (QED) is 0.664. The van der Waals surface area contributed by atoms with Crippen molar-refractivity contribution in [2.24, 2.45) is 11.3 Å². The second-order valence-corrected chi connectivity index (χ2v) is 6.16. The number of aliphatic hydroxyl groups is 1. The molecule has 0 aromatic heterocycles. The summed E-state index contributed by atoms with van der Waals surface area (Å²) in [6.45, 7) is 6.82. The van der Waals surface area contributed by atoms with Gasteiger partial charge in [-0.25, -0.2) is 0 Å². The average Bonchev–Trinajstić information content (AvgIpc) is 2.10. The lowest BCUT2D eigenvalue weighted by Gasteiger charge is -2.59.